The maximum absolute atomic E-state index is 13.2. The average molecular weight is 394 g/mol. The van der Waals surface area contributed by atoms with Crippen LogP contribution in [0.1, 0.15) is 11.1 Å². The van der Waals surface area contributed by atoms with Gasteiger partial charge in [-0.15, -0.1) is 0 Å². The van der Waals surface area contributed by atoms with Crippen LogP contribution in [-0.4, -0.2) is 9.55 Å². The number of nitrogens with zero attached hydrogens (tertiary/aromatic N) is 2. The Morgan fingerprint density at radius 2 is 1.43 bits per heavy atom. The SMILES string of the molecule is O=c1c2ccccc2nc(SCc2ccc(F)cc2)n1Cc1ccc(F)cc1. The third kappa shape index (κ3) is 3.97. The minimum Gasteiger partial charge on any atom is -0.283 e. The highest BCUT2D eigenvalue weighted by atomic mass is 32.2. The van der Waals surface area contributed by atoms with Gasteiger partial charge in [-0.05, 0) is 47.5 Å². The molecule has 140 valence electrons. The molecule has 3 aromatic carbocycles. The van der Waals surface area contributed by atoms with Gasteiger partial charge in [0.15, 0.2) is 5.16 Å². The number of benzene rings is 3. The van der Waals surface area contributed by atoms with Gasteiger partial charge < -0.3 is 0 Å². The average Bonchev–Trinajstić information content (AvgIpc) is 2.71. The summed E-state index contributed by atoms with van der Waals surface area (Å²) in [4.78, 5) is 17.7. The summed E-state index contributed by atoms with van der Waals surface area (Å²) in [7, 11) is 0. The van der Waals surface area contributed by atoms with E-state index in [1.165, 1.54) is 36.0 Å². The number of hydrogen-bond donors (Lipinski definition) is 0. The Kier molecular flexibility index (Phi) is 5.21. The lowest BCUT2D eigenvalue weighted by atomic mass is 10.2. The van der Waals surface area contributed by atoms with E-state index in [0.29, 0.717) is 28.4 Å². The number of para-hydroxylation sites is 1. The first kappa shape index (κ1) is 18.4. The predicted molar refractivity (Wildman–Crippen MR) is 107 cm³/mol. The van der Waals surface area contributed by atoms with Crippen LogP contribution in [0.5, 0.6) is 0 Å². The van der Waals surface area contributed by atoms with Crippen LogP contribution in [0.3, 0.4) is 0 Å². The summed E-state index contributed by atoms with van der Waals surface area (Å²) in [5, 5.41) is 1.10. The van der Waals surface area contributed by atoms with Crippen LogP contribution in [0.15, 0.2) is 82.7 Å². The molecule has 4 rings (SSSR count). The largest absolute Gasteiger partial charge is 0.283 e. The van der Waals surface area contributed by atoms with E-state index in [1.54, 1.807) is 47.0 Å². The third-order valence-corrected chi connectivity index (χ3v) is 5.41. The van der Waals surface area contributed by atoms with Gasteiger partial charge in [0.1, 0.15) is 11.6 Å². The van der Waals surface area contributed by atoms with Crippen molar-refractivity contribution in [3.8, 4) is 0 Å². The van der Waals surface area contributed by atoms with Gasteiger partial charge in [0.05, 0.1) is 17.4 Å². The Hall–Kier alpha value is -2.99. The molecule has 3 nitrogen and oxygen atoms in total. The normalized spacial score (nSPS) is 11.1. The molecule has 0 saturated carbocycles. The summed E-state index contributed by atoms with van der Waals surface area (Å²) >= 11 is 1.41. The van der Waals surface area contributed by atoms with E-state index in [4.69, 9.17) is 0 Å². The molecule has 0 saturated heterocycles. The molecule has 0 unspecified atom stereocenters. The van der Waals surface area contributed by atoms with Crippen LogP contribution in [0, 0.1) is 11.6 Å². The van der Waals surface area contributed by atoms with Crippen molar-refractivity contribution < 1.29 is 8.78 Å². The van der Waals surface area contributed by atoms with Crippen LogP contribution >= 0.6 is 11.8 Å². The molecule has 4 aromatic rings. The van der Waals surface area contributed by atoms with Gasteiger partial charge in [0.25, 0.3) is 5.56 Å². The first-order valence-corrected chi connectivity index (χ1v) is 9.70. The van der Waals surface area contributed by atoms with E-state index in [0.717, 1.165) is 11.1 Å². The third-order valence-electron chi connectivity index (χ3n) is 4.36. The minimum absolute atomic E-state index is 0.142. The van der Waals surface area contributed by atoms with E-state index in [-0.39, 0.29) is 17.2 Å². The highest BCUT2D eigenvalue weighted by molar-refractivity contribution is 7.98. The molecule has 1 heterocycles. The summed E-state index contributed by atoms with van der Waals surface area (Å²) in [6.07, 6.45) is 0. The zero-order valence-electron chi connectivity index (χ0n) is 14.8. The van der Waals surface area contributed by atoms with E-state index in [9.17, 15) is 13.6 Å². The standard InChI is InChI=1S/C22H16F2N2OS/c23-17-9-5-15(6-10-17)13-26-21(27)19-3-1-2-4-20(19)25-22(26)28-14-16-7-11-18(24)12-8-16/h1-12H,13-14H2. The molecule has 0 bridgehead atoms. The van der Waals surface area contributed by atoms with Crippen molar-refractivity contribution in [3.63, 3.8) is 0 Å². The summed E-state index contributed by atoms with van der Waals surface area (Å²) in [6.45, 7) is 0.294. The maximum Gasteiger partial charge on any atom is 0.262 e. The molecular formula is C22H16F2N2OS. The first-order valence-electron chi connectivity index (χ1n) is 8.71. The van der Waals surface area contributed by atoms with E-state index in [2.05, 4.69) is 4.98 Å². The number of hydrogen-bond acceptors (Lipinski definition) is 3. The Balaban J connectivity index is 1.73. The lowest BCUT2D eigenvalue weighted by molar-refractivity contribution is 0.622. The summed E-state index contributed by atoms with van der Waals surface area (Å²) < 4.78 is 27.9. The Labute approximate surface area is 164 Å². The molecule has 0 atom stereocenters. The Morgan fingerprint density at radius 1 is 0.821 bits per heavy atom. The highest BCUT2D eigenvalue weighted by Gasteiger charge is 2.12. The lowest BCUT2D eigenvalue weighted by Crippen LogP contribution is -2.24. The quantitative estimate of drug-likeness (QED) is 0.352. The van der Waals surface area contributed by atoms with Crippen molar-refractivity contribution in [3.05, 3.63) is 106 Å². The number of thioether (sulfide) groups is 1. The van der Waals surface area contributed by atoms with E-state index in [1.807, 2.05) is 6.07 Å². The molecule has 0 aliphatic heterocycles. The lowest BCUT2D eigenvalue weighted by Gasteiger charge is -2.13. The van der Waals surface area contributed by atoms with Crippen LogP contribution in [0.25, 0.3) is 10.9 Å². The van der Waals surface area contributed by atoms with Crippen molar-refractivity contribution >= 4 is 22.7 Å². The van der Waals surface area contributed by atoms with Crippen molar-refractivity contribution in [1.29, 1.82) is 0 Å². The molecular weight excluding hydrogens is 378 g/mol. The smallest absolute Gasteiger partial charge is 0.262 e. The van der Waals surface area contributed by atoms with Crippen LogP contribution in [0.2, 0.25) is 0 Å². The molecule has 0 amide bonds. The molecule has 0 N–H and O–H groups in total. The van der Waals surface area contributed by atoms with Crippen molar-refractivity contribution in [2.75, 3.05) is 0 Å². The molecule has 6 heteroatoms. The molecule has 28 heavy (non-hydrogen) atoms. The molecule has 0 radical (unpaired) electrons. The van der Waals surface area contributed by atoms with Crippen molar-refractivity contribution in [2.45, 2.75) is 17.5 Å². The first-order chi connectivity index (χ1) is 13.6. The minimum atomic E-state index is -0.321. The van der Waals surface area contributed by atoms with Gasteiger partial charge >= 0.3 is 0 Å². The van der Waals surface area contributed by atoms with Gasteiger partial charge in [-0.2, -0.15) is 0 Å². The zero-order chi connectivity index (χ0) is 19.5. The van der Waals surface area contributed by atoms with Crippen LogP contribution < -0.4 is 5.56 Å². The monoisotopic (exact) mass is 394 g/mol. The highest BCUT2D eigenvalue weighted by Crippen LogP contribution is 2.23. The Morgan fingerprint density at radius 3 is 2.11 bits per heavy atom. The summed E-state index contributed by atoms with van der Waals surface area (Å²) in [5.41, 5.74) is 2.23. The Bertz CT molecular complexity index is 1170. The van der Waals surface area contributed by atoms with Gasteiger partial charge in [0, 0.05) is 5.75 Å². The topological polar surface area (TPSA) is 34.9 Å². The second-order valence-corrected chi connectivity index (χ2v) is 7.29. The number of aromatic nitrogens is 2. The fourth-order valence-corrected chi connectivity index (χ4v) is 3.85. The van der Waals surface area contributed by atoms with Crippen LogP contribution in [0.4, 0.5) is 8.78 Å². The molecule has 1 aromatic heterocycles. The summed E-state index contributed by atoms with van der Waals surface area (Å²) in [6, 6.07) is 19.5. The number of fused-ring (bicyclic) bond motifs is 1. The summed E-state index contributed by atoms with van der Waals surface area (Å²) in [5.74, 6) is -0.0569. The second-order valence-electron chi connectivity index (χ2n) is 6.34. The van der Waals surface area contributed by atoms with Gasteiger partial charge in [-0.3, -0.25) is 9.36 Å². The molecule has 0 aliphatic rings. The predicted octanol–water partition coefficient (Wildman–Crippen LogP) is 5.02. The fraction of sp³-hybridized carbons (Fsp3) is 0.0909. The fourth-order valence-electron chi connectivity index (χ4n) is 2.90. The van der Waals surface area contributed by atoms with Gasteiger partial charge in [-0.1, -0.05) is 48.2 Å². The van der Waals surface area contributed by atoms with Crippen molar-refractivity contribution in [2.24, 2.45) is 0 Å². The van der Waals surface area contributed by atoms with Gasteiger partial charge in [0.2, 0.25) is 0 Å². The number of halogens is 2. The maximum atomic E-state index is 13.2. The zero-order valence-corrected chi connectivity index (χ0v) is 15.6. The number of rotatable bonds is 5. The van der Waals surface area contributed by atoms with E-state index >= 15 is 0 Å². The van der Waals surface area contributed by atoms with Crippen LogP contribution in [-0.2, 0) is 12.3 Å². The van der Waals surface area contributed by atoms with Crippen molar-refractivity contribution in [1.82, 2.24) is 9.55 Å². The second kappa shape index (κ2) is 7.94. The van der Waals surface area contributed by atoms with Gasteiger partial charge in [-0.25, -0.2) is 13.8 Å². The molecule has 0 spiro atoms. The molecule has 0 aliphatic carbocycles. The molecule has 0 fully saturated rings. The van der Waals surface area contributed by atoms with E-state index < -0.39 is 0 Å².